The summed E-state index contributed by atoms with van der Waals surface area (Å²) < 4.78 is 5.44. The van der Waals surface area contributed by atoms with E-state index in [-0.39, 0.29) is 0 Å². The molecule has 0 saturated heterocycles. The highest BCUT2D eigenvalue weighted by atomic mass is 16.5. The lowest BCUT2D eigenvalue weighted by Crippen LogP contribution is -2.01. The second kappa shape index (κ2) is 26.3. The van der Waals surface area contributed by atoms with Crippen LogP contribution in [-0.4, -0.2) is 4.90 Å². The fourth-order valence-corrected chi connectivity index (χ4v) is 2.17. The van der Waals surface area contributed by atoms with Gasteiger partial charge in [-0.2, -0.15) is 48.1 Å². The van der Waals surface area contributed by atoms with Gasteiger partial charge in [0.2, 0.25) is 0 Å². The average molecular weight is 567 g/mol. The molecule has 45 heavy (non-hydrogen) atoms. The molecule has 0 N–H and O–H groups in total. The lowest BCUT2D eigenvalue weighted by atomic mass is 10.0. The van der Waals surface area contributed by atoms with Crippen molar-refractivity contribution in [3.8, 4) is 160 Å². The first-order valence-electron chi connectivity index (χ1n) is 12.7. The van der Waals surface area contributed by atoms with E-state index in [4.69, 9.17) is 4.74 Å². The van der Waals surface area contributed by atoms with Gasteiger partial charge >= 0.3 is 0 Å². The van der Waals surface area contributed by atoms with Crippen LogP contribution in [0.15, 0.2) is 55.8 Å². The van der Waals surface area contributed by atoms with E-state index in [0.29, 0.717) is 11.7 Å². The van der Waals surface area contributed by atoms with Crippen LogP contribution in [0.4, 0.5) is 0 Å². The Hall–Kier alpha value is -7.94. The largest absolute Gasteiger partial charge is 0.484 e. The van der Waals surface area contributed by atoms with Crippen molar-refractivity contribution in [3.63, 3.8) is 0 Å². The minimum atomic E-state index is 0.462. The molecule has 0 saturated carbocycles. The molecule has 1 aromatic carbocycles. The Morgan fingerprint density at radius 3 is 1.42 bits per heavy atom. The summed E-state index contributed by atoms with van der Waals surface area (Å²) in [4.78, 5) is 1.16. The van der Waals surface area contributed by atoms with Crippen LogP contribution in [0.5, 0.6) is 5.75 Å². The van der Waals surface area contributed by atoms with Gasteiger partial charge in [-0.15, -0.1) is 18.8 Å². The van der Waals surface area contributed by atoms with E-state index in [1.165, 1.54) is 11.8 Å². The van der Waals surface area contributed by atoms with Crippen molar-refractivity contribution in [2.75, 3.05) is 0 Å². The molecule has 0 aromatic heterocycles. The minimum Gasteiger partial charge on any atom is -0.484 e. The highest BCUT2D eigenvalue weighted by molar-refractivity contribution is 5.45. The van der Waals surface area contributed by atoms with E-state index in [0.717, 1.165) is 4.90 Å². The van der Waals surface area contributed by atoms with Crippen molar-refractivity contribution in [1.29, 1.82) is 0 Å². The SMILES string of the molecule is C=C[CH-]C#CC#CC#CC#CN(C#CC#CC#CC#CC#C[C-]=COc1ccc(C(C)C)cc1)C#CC#CC#CC#C[CH-]C=C. The van der Waals surface area contributed by atoms with Gasteiger partial charge in [0.15, 0.2) is 0 Å². The maximum atomic E-state index is 5.44. The molecule has 0 spiro atoms. The van der Waals surface area contributed by atoms with E-state index in [1.807, 2.05) is 24.3 Å². The van der Waals surface area contributed by atoms with Crippen LogP contribution < -0.4 is 4.74 Å². The smallest absolute Gasteiger partial charge is 0.124 e. The van der Waals surface area contributed by atoms with E-state index in [9.17, 15) is 0 Å². The zero-order valence-corrected chi connectivity index (χ0v) is 24.5. The van der Waals surface area contributed by atoms with Gasteiger partial charge in [0.05, 0.1) is 0 Å². The van der Waals surface area contributed by atoms with Crippen molar-refractivity contribution in [3.05, 3.63) is 80.3 Å². The number of nitrogens with zero attached hydrogens (tertiary/aromatic N) is 1. The Morgan fingerprint density at radius 2 is 1.00 bits per heavy atom. The van der Waals surface area contributed by atoms with E-state index >= 15 is 0 Å². The highest BCUT2D eigenvalue weighted by Crippen LogP contribution is 2.18. The molecule has 0 atom stereocenters. The molecule has 0 aliphatic rings. The standard InChI is InChI=1S/C43H20NO/c1-5-7-9-11-13-17-21-25-29-37-44(38-30-26-22-18-14-12-10-8-6-2)39-31-27-23-19-15-16-20-24-28-32-40-45-43-35-33-42(34-36-43)41(3)4/h5-8,33-36,40-41H,1-2H2,3-4H3/q-3. The van der Waals surface area contributed by atoms with Crippen molar-refractivity contribution in [2.24, 2.45) is 0 Å². The first-order chi connectivity index (χ1) is 22.2. The monoisotopic (exact) mass is 566 g/mol. The zero-order chi connectivity index (χ0) is 32.5. The first-order valence-corrected chi connectivity index (χ1v) is 12.7. The molecule has 0 aliphatic heterocycles. The predicted molar refractivity (Wildman–Crippen MR) is 181 cm³/mol. The van der Waals surface area contributed by atoms with Gasteiger partial charge in [0.25, 0.3) is 0 Å². The molecule has 0 unspecified atom stereocenters. The predicted octanol–water partition coefficient (Wildman–Crippen LogP) is 4.50. The third kappa shape index (κ3) is 21.5. The summed E-state index contributed by atoms with van der Waals surface area (Å²) in [7, 11) is 0. The van der Waals surface area contributed by atoms with Crippen molar-refractivity contribution < 1.29 is 4.74 Å². The lowest BCUT2D eigenvalue weighted by molar-refractivity contribution is 0.479. The fourth-order valence-electron chi connectivity index (χ4n) is 2.17. The summed E-state index contributed by atoms with van der Waals surface area (Å²) >= 11 is 0. The number of benzene rings is 1. The molecular weight excluding hydrogens is 546 g/mol. The van der Waals surface area contributed by atoms with Crippen molar-refractivity contribution in [2.45, 2.75) is 19.8 Å². The highest BCUT2D eigenvalue weighted by Gasteiger charge is 1.97. The van der Waals surface area contributed by atoms with Crippen LogP contribution in [0, 0.1) is 173 Å². The number of rotatable bonds is 5. The molecule has 206 valence electrons. The second-order valence-corrected chi connectivity index (χ2v) is 7.49. The topological polar surface area (TPSA) is 12.5 Å². The van der Waals surface area contributed by atoms with Crippen molar-refractivity contribution >= 4 is 0 Å². The molecule has 2 heteroatoms. The molecule has 0 amide bonds. The molecule has 0 heterocycles. The summed E-state index contributed by atoms with van der Waals surface area (Å²) in [6.07, 6.45) is 10.3. The van der Waals surface area contributed by atoms with Gasteiger partial charge in [0.1, 0.15) is 5.75 Å². The summed E-state index contributed by atoms with van der Waals surface area (Å²) in [5.74, 6) is 60.4. The molecule has 0 bridgehead atoms. The zero-order valence-electron chi connectivity index (χ0n) is 24.5. The summed E-state index contributed by atoms with van der Waals surface area (Å²) in [5, 5.41) is 0. The normalized spacial score (nSPS) is 6.64. The summed E-state index contributed by atoms with van der Waals surface area (Å²) in [6, 6.07) is 15.8. The van der Waals surface area contributed by atoms with Crippen LogP contribution in [0.25, 0.3) is 0 Å². The average Bonchev–Trinajstić information content (AvgIpc) is 3.05. The lowest BCUT2D eigenvalue weighted by Gasteiger charge is -2.06. The van der Waals surface area contributed by atoms with Crippen LogP contribution >= 0.6 is 0 Å². The maximum absolute atomic E-state index is 5.44. The number of ether oxygens (including phenoxy) is 1. The van der Waals surface area contributed by atoms with E-state index in [2.05, 4.69) is 187 Å². The second-order valence-electron chi connectivity index (χ2n) is 7.49. The molecule has 1 aromatic rings. The van der Waals surface area contributed by atoms with Gasteiger partial charge in [-0.3, -0.25) is 5.92 Å². The van der Waals surface area contributed by atoms with Crippen molar-refractivity contribution in [1.82, 2.24) is 4.90 Å². The summed E-state index contributed by atoms with van der Waals surface area (Å²) in [6.45, 7) is 11.3. The van der Waals surface area contributed by atoms with Crippen LogP contribution in [0.3, 0.4) is 0 Å². The third-order valence-electron chi connectivity index (χ3n) is 4.05. The van der Waals surface area contributed by atoms with Gasteiger partial charge in [0, 0.05) is 65.8 Å². The Kier molecular flexibility index (Phi) is 20.5. The quantitative estimate of drug-likeness (QED) is 0.225. The van der Waals surface area contributed by atoms with Gasteiger partial charge in [-0.25, -0.2) is 17.8 Å². The van der Waals surface area contributed by atoms with E-state index < -0.39 is 0 Å². The molecule has 2 nitrogen and oxygen atoms in total. The first kappa shape index (κ1) is 35.1. The molecule has 0 aliphatic carbocycles. The van der Waals surface area contributed by atoms with Crippen LogP contribution in [0.2, 0.25) is 0 Å². The Morgan fingerprint density at radius 1 is 0.600 bits per heavy atom. The maximum Gasteiger partial charge on any atom is 0.124 e. The number of allylic oxidation sites excluding steroid dienone is 3. The third-order valence-corrected chi connectivity index (χ3v) is 4.05. The fraction of sp³-hybridized carbons (Fsp3) is 0.0698. The van der Waals surface area contributed by atoms with Gasteiger partial charge in [-0.1, -0.05) is 37.8 Å². The molecular formula is C43H20NO-3. The minimum absolute atomic E-state index is 0.462. The number of hydrogen-bond acceptors (Lipinski definition) is 2. The van der Waals surface area contributed by atoms with Crippen LogP contribution in [-0.2, 0) is 0 Å². The number of hydrogen-bond donors (Lipinski definition) is 0. The van der Waals surface area contributed by atoms with E-state index in [1.54, 1.807) is 25.0 Å². The molecule has 1 rings (SSSR count). The van der Waals surface area contributed by atoms with Gasteiger partial charge in [-0.05, 0) is 65.1 Å². The van der Waals surface area contributed by atoms with Gasteiger partial charge < -0.3 is 4.74 Å². The Labute approximate surface area is 269 Å². The summed E-state index contributed by atoms with van der Waals surface area (Å²) in [5.41, 5.74) is 1.24. The van der Waals surface area contributed by atoms with Crippen LogP contribution in [0.1, 0.15) is 25.3 Å². The Bertz CT molecular complexity index is 2020. The molecule has 0 fully saturated rings. The Balaban J connectivity index is 2.82. The molecule has 0 radical (unpaired) electrons.